The molecule has 0 bridgehead atoms. The molecule has 1 fully saturated rings. The van der Waals surface area contributed by atoms with Gasteiger partial charge < -0.3 is 28.7 Å². The number of hydrogen-bond acceptors (Lipinski definition) is 9. The third-order valence-corrected chi connectivity index (χ3v) is 6.28. The van der Waals surface area contributed by atoms with Crippen LogP contribution in [-0.4, -0.2) is 72.9 Å². The number of nitrogens with zero attached hydrogens (tertiary/aromatic N) is 2. The summed E-state index contributed by atoms with van der Waals surface area (Å²) in [4.78, 5) is 65.6. The Labute approximate surface area is 208 Å². The van der Waals surface area contributed by atoms with E-state index in [1.54, 1.807) is 26.8 Å². The normalized spacial score (nSPS) is 19.4. The summed E-state index contributed by atoms with van der Waals surface area (Å²) in [6.45, 7) is 6.82. The molecule has 0 aliphatic carbocycles. The van der Waals surface area contributed by atoms with Gasteiger partial charge in [0.1, 0.15) is 18.4 Å². The van der Waals surface area contributed by atoms with E-state index in [2.05, 4.69) is 0 Å². The summed E-state index contributed by atoms with van der Waals surface area (Å²) in [6, 6.07) is -1.96. The van der Waals surface area contributed by atoms with E-state index in [1.165, 1.54) is 37.8 Å². The lowest BCUT2D eigenvalue weighted by molar-refractivity contribution is -0.161. The number of esters is 3. The molecule has 11 nitrogen and oxygen atoms in total. The highest BCUT2D eigenvalue weighted by atomic mass is 16.6. The molecule has 0 radical (unpaired) electrons. The minimum absolute atomic E-state index is 0.00911. The number of ether oxygens (including phenoxy) is 4. The van der Waals surface area contributed by atoms with Crippen LogP contribution in [0.4, 0.5) is 0 Å². The summed E-state index contributed by atoms with van der Waals surface area (Å²) in [5.41, 5.74) is 1.39. The monoisotopic (exact) mass is 502 g/mol. The smallest absolute Gasteiger partial charge is 0.333 e. The number of rotatable bonds is 6. The zero-order valence-electron chi connectivity index (χ0n) is 21.4. The SMILES string of the molecule is C/C=C(/C)C(=O)OC[C@@H]1c2c(c(OC(C)=O)c(C)c(OC)c2OC(C)=O)C[C@H]2C(=O)N(C)CC(=O)N12. The first-order valence-corrected chi connectivity index (χ1v) is 11.4. The van der Waals surface area contributed by atoms with Crippen LogP contribution in [0.5, 0.6) is 17.2 Å². The summed E-state index contributed by atoms with van der Waals surface area (Å²) in [6.07, 6.45) is 1.57. The lowest BCUT2D eigenvalue weighted by Gasteiger charge is -2.47. The minimum Gasteiger partial charge on any atom is -0.492 e. The van der Waals surface area contributed by atoms with Crippen LogP contribution in [0.25, 0.3) is 0 Å². The first-order valence-electron chi connectivity index (χ1n) is 11.4. The van der Waals surface area contributed by atoms with E-state index < -0.39 is 30.0 Å². The van der Waals surface area contributed by atoms with Crippen LogP contribution in [0.15, 0.2) is 11.6 Å². The van der Waals surface area contributed by atoms with Crippen molar-refractivity contribution in [3.8, 4) is 17.2 Å². The van der Waals surface area contributed by atoms with Crippen molar-refractivity contribution >= 4 is 29.7 Å². The van der Waals surface area contributed by atoms with Crippen molar-refractivity contribution < 1.29 is 42.9 Å². The topological polar surface area (TPSA) is 129 Å². The van der Waals surface area contributed by atoms with Crippen molar-refractivity contribution in [1.82, 2.24) is 9.80 Å². The van der Waals surface area contributed by atoms with Crippen LogP contribution in [0.3, 0.4) is 0 Å². The molecule has 2 aliphatic rings. The third kappa shape index (κ3) is 4.77. The Morgan fingerprint density at radius 2 is 1.64 bits per heavy atom. The molecule has 1 aromatic carbocycles. The van der Waals surface area contributed by atoms with Gasteiger partial charge in [0.05, 0.1) is 19.7 Å². The number of allylic oxidation sites excluding steroid dienone is 1. The van der Waals surface area contributed by atoms with Gasteiger partial charge in [0.15, 0.2) is 11.5 Å². The van der Waals surface area contributed by atoms with Crippen LogP contribution < -0.4 is 14.2 Å². The van der Waals surface area contributed by atoms with Gasteiger partial charge in [-0.3, -0.25) is 19.2 Å². The molecule has 0 N–H and O–H groups in total. The van der Waals surface area contributed by atoms with Crippen LogP contribution >= 0.6 is 0 Å². The minimum atomic E-state index is -1.02. The van der Waals surface area contributed by atoms with Crippen molar-refractivity contribution in [3.63, 3.8) is 0 Å². The van der Waals surface area contributed by atoms with Gasteiger partial charge in [-0.15, -0.1) is 0 Å². The first-order chi connectivity index (χ1) is 16.9. The second-order valence-corrected chi connectivity index (χ2v) is 8.70. The van der Waals surface area contributed by atoms with E-state index in [-0.39, 0.29) is 54.2 Å². The number of hydrogen-bond donors (Lipinski definition) is 0. The number of carbonyl (C=O) groups is 5. The van der Waals surface area contributed by atoms with Gasteiger partial charge in [0, 0.05) is 49.6 Å². The lowest BCUT2D eigenvalue weighted by Crippen LogP contribution is -2.62. The Bertz CT molecular complexity index is 1170. The molecule has 2 atom stereocenters. The van der Waals surface area contributed by atoms with E-state index in [9.17, 15) is 24.0 Å². The number of benzene rings is 1. The van der Waals surface area contributed by atoms with Crippen LogP contribution in [-0.2, 0) is 35.1 Å². The lowest BCUT2D eigenvalue weighted by atomic mass is 9.83. The molecule has 36 heavy (non-hydrogen) atoms. The van der Waals surface area contributed by atoms with Crippen LogP contribution in [0.2, 0.25) is 0 Å². The number of likely N-dealkylation sites (N-methyl/N-ethyl adjacent to an activating group) is 1. The molecular weight excluding hydrogens is 472 g/mol. The number of piperazine rings is 1. The highest BCUT2D eigenvalue weighted by Crippen LogP contribution is 2.51. The fourth-order valence-electron chi connectivity index (χ4n) is 4.58. The predicted octanol–water partition coefficient (Wildman–Crippen LogP) is 1.63. The zero-order chi connectivity index (χ0) is 26.9. The molecule has 0 unspecified atom stereocenters. The van der Waals surface area contributed by atoms with Crippen molar-refractivity contribution in [3.05, 3.63) is 28.3 Å². The molecule has 3 rings (SSSR count). The molecule has 2 amide bonds. The van der Waals surface area contributed by atoms with E-state index in [0.717, 1.165) is 0 Å². The Hall–Kier alpha value is -3.89. The Morgan fingerprint density at radius 1 is 1.03 bits per heavy atom. The van der Waals surface area contributed by atoms with E-state index in [4.69, 9.17) is 18.9 Å². The zero-order valence-corrected chi connectivity index (χ0v) is 21.4. The maximum atomic E-state index is 13.2. The Balaban J connectivity index is 2.33. The standard InChI is InChI=1S/C25H30N2O9/c1-8-12(2)25(32)34-11-18-20-16(9-17-24(31)26(6)10-19(30)27(17)18)21(35-14(4)28)13(3)22(33-7)23(20)36-15(5)29/h8,17-18H,9-11H2,1-7H3/b12-8-/t17-,18+/m0/s1. The summed E-state index contributed by atoms with van der Waals surface area (Å²) in [7, 11) is 2.88. The van der Waals surface area contributed by atoms with Gasteiger partial charge in [-0.25, -0.2) is 4.79 Å². The number of carbonyl (C=O) groups excluding carboxylic acids is 5. The maximum absolute atomic E-state index is 13.2. The predicted molar refractivity (Wildman–Crippen MR) is 125 cm³/mol. The Kier molecular flexibility index (Phi) is 7.71. The Morgan fingerprint density at radius 3 is 2.19 bits per heavy atom. The van der Waals surface area contributed by atoms with Crippen molar-refractivity contribution in [2.75, 3.05) is 27.3 Å². The van der Waals surface area contributed by atoms with E-state index in [1.807, 2.05) is 0 Å². The van der Waals surface area contributed by atoms with Gasteiger partial charge in [-0.1, -0.05) is 6.08 Å². The van der Waals surface area contributed by atoms with Gasteiger partial charge in [0.25, 0.3) is 0 Å². The van der Waals surface area contributed by atoms with Gasteiger partial charge >= 0.3 is 17.9 Å². The first kappa shape index (κ1) is 26.7. The largest absolute Gasteiger partial charge is 0.492 e. The second-order valence-electron chi connectivity index (χ2n) is 8.70. The maximum Gasteiger partial charge on any atom is 0.333 e. The van der Waals surface area contributed by atoms with Gasteiger partial charge in [-0.2, -0.15) is 0 Å². The average molecular weight is 503 g/mol. The van der Waals surface area contributed by atoms with E-state index >= 15 is 0 Å². The summed E-state index contributed by atoms with van der Waals surface area (Å²) >= 11 is 0. The quantitative estimate of drug-likeness (QED) is 0.324. The number of methoxy groups -OCH3 is 1. The summed E-state index contributed by atoms with van der Waals surface area (Å²) < 4.78 is 22.1. The summed E-state index contributed by atoms with van der Waals surface area (Å²) in [5.74, 6) is -2.31. The fraction of sp³-hybridized carbons (Fsp3) is 0.480. The fourth-order valence-corrected chi connectivity index (χ4v) is 4.58. The van der Waals surface area contributed by atoms with Crippen molar-refractivity contribution in [2.45, 2.75) is 53.1 Å². The summed E-state index contributed by atoms with van der Waals surface area (Å²) in [5, 5.41) is 0. The number of fused-ring (bicyclic) bond motifs is 2. The van der Waals surface area contributed by atoms with Gasteiger partial charge in [-0.05, 0) is 20.8 Å². The molecule has 1 aromatic rings. The van der Waals surface area contributed by atoms with Crippen LogP contribution in [0.1, 0.15) is 50.4 Å². The molecule has 0 spiro atoms. The van der Waals surface area contributed by atoms with Crippen LogP contribution in [0, 0.1) is 6.92 Å². The number of amides is 2. The average Bonchev–Trinajstić information content (AvgIpc) is 2.81. The molecular formula is C25H30N2O9. The second kappa shape index (κ2) is 10.4. The molecule has 2 aliphatic heterocycles. The molecule has 194 valence electrons. The highest BCUT2D eigenvalue weighted by Gasteiger charge is 2.49. The molecule has 2 heterocycles. The van der Waals surface area contributed by atoms with Crippen molar-refractivity contribution in [2.24, 2.45) is 0 Å². The highest BCUT2D eigenvalue weighted by molar-refractivity contribution is 5.96. The molecule has 11 heteroatoms. The van der Waals surface area contributed by atoms with Gasteiger partial charge in [0.2, 0.25) is 11.8 Å². The van der Waals surface area contributed by atoms with E-state index in [0.29, 0.717) is 16.7 Å². The molecule has 0 saturated carbocycles. The van der Waals surface area contributed by atoms with Crippen molar-refractivity contribution in [1.29, 1.82) is 0 Å². The molecule has 0 aromatic heterocycles. The third-order valence-electron chi connectivity index (χ3n) is 6.28. The molecule has 1 saturated heterocycles.